The smallest absolute Gasteiger partial charge is 0.233 e. The minimum Gasteiger partial charge on any atom is -0.326 e. The van der Waals surface area contributed by atoms with Crippen LogP contribution in [0, 0.1) is 0 Å². The zero-order chi connectivity index (χ0) is 14.7. The van der Waals surface area contributed by atoms with E-state index in [-0.39, 0.29) is 11.3 Å². The fourth-order valence-electron chi connectivity index (χ4n) is 2.21. The highest BCUT2D eigenvalue weighted by molar-refractivity contribution is 8.00. The molecule has 0 aromatic heterocycles. The maximum atomic E-state index is 12.0. The van der Waals surface area contributed by atoms with Crippen LogP contribution in [0.25, 0.3) is 0 Å². The van der Waals surface area contributed by atoms with Gasteiger partial charge in [0.1, 0.15) is 5.37 Å². The van der Waals surface area contributed by atoms with Crippen LogP contribution in [-0.2, 0) is 4.79 Å². The molecule has 6 heteroatoms. The summed E-state index contributed by atoms with van der Waals surface area (Å²) in [6, 6.07) is 5.48. The molecule has 0 unspecified atom stereocenters. The van der Waals surface area contributed by atoms with Gasteiger partial charge in [-0.1, -0.05) is 29.3 Å². The number of halogens is 2. The SMILES string of the molecule is CN(C)CCCN1C(=O)CS[C@@H]1c1ccc(Cl)cc1Cl. The molecule has 1 aromatic rings. The van der Waals surface area contributed by atoms with Crippen LogP contribution in [0.1, 0.15) is 17.4 Å². The molecular weight excluding hydrogens is 315 g/mol. The number of nitrogens with zero attached hydrogens (tertiary/aromatic N) is 2. The van der Waals surface area contributed by atoms with Gasteiger partial charge in [0, 0.05) is 22.2 Å². The topological polar surface area (TPSA) is 23.6 Å². The Bertz CT molecular complexity index is 496. The summed E-state index contributed by atoms with van der Waals surface area (Å²) < 4.78 is 0. The lowest BCUT2D eigenvalue weighted by Gasteiger charge is -2.25. The largest absolute Gasteiger partial charge is 0.326 e. The molecule has 1 aromatic carbocycles. The predicted molar refractivity (Wildman–Crippen MR) is 86.5 cm³/mol. The van der Waals surface area contributed by atoms with E-state index < -0.39 is 0 Å². The van der Waals surface area contributed by atoms with Crippen molar-refractivity contribution in [3.05, 3.63) is 33.8 Å². The normalized spacial score (nSPS) is 19.1. The molecule has 1 aliphatic rings. The van der Waals surface area contributed by atoms with Crippen LogP contribution >= 0.6 is 35.0 Å². The summed E-state index contributed by atoms with van der Waals surface area (Å²) in [5.41, 5.74) is 0.969. The first-order valence-electron chi connectivity index (χ1n) is 6.50. The van der Waals surface area contributed by atoms with E-state index in [1.54, 1.807) is 17.8 Å². The van der Waals surface area contributed by atoms with Crippen molar-refractivity contribution < 1.29 is 4.79 Å². The molecular formula is C14H18Cl2N2OS. The molecule has 1 atom stereocenters. The van der Waals surface area contributed by atoms with Gasteiger partial charge in [-0.3, -0.25) is 4.79 Å². The van der Waals surface area contributed by atoms with Crippen LogP contribution in [0.4, 0.5) is 0 Å². The van der Waals surface area contributed by atoms with E-state index in [2.05, 4.69) is 4.90 Å². The second kappa shape index (κ2) is 7.03. The molecule has 0 spiro atoms. The summed E-state index contributed by atoms with van der Waals surface area (Å²) in [4.78, 5) is 16.1. The predicted octanol–water partition coefficient (Wildman–Crippen LogP) is 3.52. The van der Waals surface area contributed by atoms with Crippen LogP contribution in [-0.4, -0.2) is 48.6 Å². The minimum absolute atomic E-state index is 0.00873. The number of thioether (sulfide) groups is 1. The maximum Gasteiger partial charge on any atom is 0.233 e. The van der Waals surface area contributed by atoms with E-state index in [1.807, 2.05) is 31.1 Å². The van der Waals surface area contributed by atoms with Crippen LogP contribution in [0.2, 0.25) is 10.0 Å². The second-order valence-electron chi connectivity index (χ2n) is 5.07. The fraction of sp³-hybridized carbons (Fsp3) is 0.500. The molecule has 1 fully saturated rings. The summed E-state index contributed by atoms with van der Waals surface area (Å²) in [5, 5.41) is 1.25. The van der Waals surface area contributed by atoms with E-state index in [4.69, 9.17) is 23.2 Å². The van der Waals surface area contributed by atoms with Gasteiger partial charge >= 0.3 is 0 Å². The molecule has 2 rings (SSSR count). The molecule has 0 bridgehead atoms. The molecule has 1 saturated heterocycles. The molecule has 1 aliphatic heterocycles. The number of rotatable bonds is 5. The zero-order valence-electron chi connectivity index (χ0n) is 11.6. The maximum absolute atomic E-state index is 12.0. The molecule has 110 valence electrons. The molecule has 20 heavy (non-hydrogen) atoms. The van der Waals surface area contributed by atoms with Gasteiger partial charge in [-0.05, 0) is 39.2 Å². The molecule has 0 saturated carbocycles. The molecule has 0 aliphatic carbocycles. The van der Waals surface area contributed by atoms with E-state index in [1.165, 1.54) is 0 Å². The Hall–Kier alpha value is -0.420. The van der Waals surface area contributed by atoms with E-state index in [9.17, 15) is 4.79 Å². The average molecular weight is 333 g/mol. The van der Waals surface area contributed by atoms with E-state index >= 15 is 0 Å². The molecule has 3 nitrogen and oxygen atoms in total. The van der Waals surface area contributed by atoms with Gasteiger partial charge in [-0.25, -0.2) is 0 Å². The van der Waals surface area contributed by atoms with E-state index in [0.717, 1.165) is 25.1 Å². The molecule has 0 radical (unpaired) electrons. The standard InChI is InChI=1S/C14H18Cl2N2OS/c1-17(2)6-3-7-18-13(19)9-20-14(18)11-5-4-10(15)8-12(11)16/h4-5,8,14H,3,6-7,9H2,1-2H3/t14-/m1/s1. The minimum atomic E-state index is 0.00873. The molecule has 1 amide bonds. The highest BCUT2D eigenvalue weighted by Crippen LogP contribution is 2.42. The van der Waals surface area contributed by atoms with Gasteiger partial charge in [0.25, 0.3) is 0 Å². The number of hydrogen-bond acceptors (Lipinski definition) is 3. The first-order chi connectivity index (χ1) is 9.49. The number of carbonyl (C=O) groups excluding carboxylic acids is 1. The van der Waals surface area contributed by atoms with Crippen molar-refractivity contribution in [3.8, 4) is 0 Å². The lowest BCUT2D eigenvalue weighted by atomic mass is 10.2. The monoisotopic (exact) mass is 332 g/mol. The summed E-state index contributed by atoms with van der Waals surface area (Å²) in [6.45, 7) is 1.73. The Morgan fingerprint density at radius 2 is 2.15 bits per heavy atom. The molecule has 0 N–H and O–H groups in total. The average Bonchev–Trinajstić information content (AvgIpc) is 2.71. The summed E-state index contributed by atoms with van der Waals surface area (Å²) in [7, 11) is 4.07. The van der Waals surface area contributed by atoms with Gasteiger partial charge < -0.3 is 9.80 Å². The van der Waals surface area contributed by atoms with Gasteiger partial charge in [0.15, 0.2) is 0 Å². The fourth-order valence-corrected chi connectivity index (χ4v) is 4.04. The summed E-state index contributed by atoms with van der Waals surface area (Å²) in [5.74, 6) is 0.704. The number of benzene rings is 1. The highest BCUT2D eigenvalue weighted by atomic mass is 35.5. The second-order valence-corrected chi connectivity index (χ2v) is 6.99. The Balaban J connectivity index is 2.11. The van der Waals surface area contributed by atoms with Crippen LogP contribution in [0.3, 0.4) is 0 Å². The summed E-state index contributed by atoms with van der Waals surface area (Å²) in [6.07, 6.45) is 0.959. The molecule has 1 heterocycles. The third-order valence-electron chi connectivity index (χ3n) is 3.20. The van der Waals surface area contributed by atoms with Crippen molar-refractivity contribution in [2.45, 2.75) is 11.8 Å². The van der Waals surface area contributed by atoms with E-state index in [0.29, 0.717) is 15.8 Å². The van der Waals surface area contributed by atoms with Crippen molar-refractivity contribution in [1.29, 1.82) is 0 Å². The number of carbonyl (C=O) groups is 1. The Kier molecular flexibility index (Phi) is 5.61. The highest BCUT2D eigenvalue weighted by Gasteiger charge is 2.33. The van der Waals surface area contributed by atoms with Gasteiger partial charge in [0.2, 0.25) is 5.91 Å². The summed E-state index contributed by atoms with van der Waals surface area (Å²) >= 11 is 13.8. The van der Waals surface area contributed by atoms with Gasteiger partial charge in [-0.2, -0.15) is 0 Å². The van der Waals surface area contributed by atoms with Crippen LogP contribution < -0.4 is 0 Å². The lowest BCUT2D eigenvalue weighted by Crippen LogP contribution is -2.31. The Morgan fingerprint density at radius 3 is 2.80 bits per heavy atom. The lowest BCUT2D eigenvalue weighted by molar-refractivity contribution is -0.128. The van der Waals surface area contributed by atoms with Crippen molar-refractivity contribution in [1.82, 2.24) is 9.80 Å². The third kappa shape index (κ3) is 3.82. The third-order valence-corrected chi connectivity index (χ3v) is 5.00. The van der Waals surface area contributed by atoms with Gasteiger partial charge in [0.05, 0.1) is 5.75 Å². The van der Waals surface area contributed by atoms with Crippen LogP contribution in [0.5, 0.6) is 0 Å². The van der Waals surface area contributed by atoms with Crippen LogP contribution in [0.15, 0.2) is 18.2 Å². The van der Waals surface area contributed by atoms with Crippen molar-refractivity contribution in [2.75, 3.05) is 32.9 Å². The Labute approximate surface area is 134 Å². The number of amides is 1. The first kappa shape index (κ1) is 16.0. The quantitative estimate of drug-likeness (QED) is 0.824. The van der Waals surface area contributed by atoms with Crippen molar-refractivity contribution in [2.24, 2.45) is 0 Å². The Morgan fingerprint density at radius 1 is 1.40 bits per heavy atom. The van der Waals surface area contributed by atoms with Gasteiger partial charge in [-0.15, -0.1) is 11.8 Å². The van der Waals surface area contributed by atoms with Crippen molar-refractivity contribution in [3.63, 3.8) is 0 Å². The first-order valence-corrected chi connectivity index (χ1v) is 8.30. The van der Waals surface area contributed by atoms with Crippen molar-refractivity contribution >= 4 is 40.9 Å². The zero-order valence-corrected chi connectivity index (χ0v) is 13.9. The number of hydrogen-bond donors (Lipinski definition) is 0.